The van der Waals surface area contributed by atoms with Crippen LogP contribution in [-0.2, 0) is 5.41 Å². The molecule has 2 heteroatoms. The van der Waals surface area contributed by atoms with Crippen molar-refractivity contribution in [2.45, 2.75) is 5.41 Å². The van der Waals surface area contributed by atoms with Crippen LogP contribution >= 0.6 is 0 Å². The highest BCUT2D eigenvalue weighted by Crippen LogP contribution is 2.56. The van der Waals surface area contributed by atoms with Gasteiger partial charge in [-0.3, -0.25) is 0 Å². The Hall–Kier alpha value is -8.72. The summed E-state index contributed by atoms with van der Waals surface area (Å²) in [5, 5.41) is 4.94. The minimum absolute atomic E-state index is 0.483. The molecule has 0 bridgehead atoms. The van der Waals surface area contributed by atoms with Gasteiger partial charge in [-0.25, -0.2) is 0 Å². The quantitative estimate of drug-likeness (QED) is 0.148. The molecular formula is C65H44N2. The molecule has 0 amide bonds. The molecule has 0 unspecified atom stereocenters. The zero-order valence-corrected chi connectivity index (χ0v) is 36.8. The number of aromatic nitrogens is 1. The van der Waals surface area contributed by atoms with E-state index in [2.05, 4.69) is 276 Å². The molecule has 0 saturated heterocycles. The van der Waals surface area contributed by atoms with Gasteiger partial charge in [-0.1, -0.05) is 200 Å². The van der Waals surface area contributed by atoms with Crippen LogP contribution in [0.25, 0.3) is 71.6 Å². The van der Waals surface area contributed by atoms with Gasteiger partial charge >= 0.3 is 0 Å². The third-order valence-corrected chi connectivity index (χ3v) is 14.0. The van der Waals surface area contributed by atoms with Crippen molar-refractivity contribution in [2.75, 3.05) is 4.90 Å². The van der Waals surface area contributed by atoms with E-state index in [0.717, 1.165) is 22.7 Å². The molecule has 13 rings (SSSR count). The Labute approximate surface area is 390 Å². The number of nitrogens with zero attached hydrogens (tertiary/aromatic N) is 2. The summed E-state index contributed by atoms with van der Waals surface area (Å²) in [6.45, 7) is 0. The summed E-state index contributed by atoms with van der Waals surface area (Å²) in [6, 6.07) is 98.0. The second-order valence-electron chi connectivity index (χ2n) is 17.7. The van der Waals surface area contributed by atoms with Gasteiger partial charge in [0.1, 0.15) is 0 Å². The molecule has 314 valence electrons. The van der Waals surface area contributed by atoms with E-state index in [1.54, 1.807) is 0 Å². The molecule has 0 saturated carbocycles. The van der Waals surface area contributed by atoms with Crippen LogP contribution in [-0.4, -0.2) is 4.57 Å². The molecule has 0 radical (unpaired) electrons. The topological polar surface area (TPSA) is 8.17 Å². The van der Waals surface area contributed by atoms with Crippen molar-refractivity contribution in [1.82, 2.24) is 4.57 Å². The predicted octanol–water partition coefficient (Wildman–Crippen LogP) is 17.1. The molecule has 11 aromatic carbocycles. The first kappa shape index (κ1) is 38.7. The van der Waals surface area contributed by atoms with Gasteiger partial charge in [-0.2, -0.15) is 0 Å². The molecule has 0 fully saturated rings. The molecule has 0 spiro atoms. The Morgan fingerprint density at radius 3 is 1.64 bits per heavy atom. The van der Waals surface area contributed by atoms with E-state index >= 15 is 0 Å². The third kappa shape index (κ3) is 6.26. The summed E-state index contributed by atoms with van der Waals surface area (Å²) in [6.07, 6.45) is 0. The number of rotatable bonds is 8. The first-order valence-electron chi connectivity index (χ1n) is 23.2. The normalized spacial score (nSPS) is 12.6. The molecule has 0 aliphatic heterocycles. The molecule has 1 aliphatic rings. The zero-order chi connectivity index (χ0) is 44.3. The van der Waals surface area contributed by atoms with Gasteiger partial charge in [-0.05, 0) is 133 Å². The fraction of sp³-hybridized carbons (Fsp3) is 0.0154. The fourth-order valence-electron chi connectivity index (χ4n) is 11.0. The molecule has 12 aromatic rings. The van der Waals surface area contributed by atoms with E-state index in [0.29, 0.717) is 0 Å². The molecule has 1 aromatic heterocycles. The van der Waals surface area contributed by atoms with Crippen LogP contribution in [0, 0.1) is 0 Å². The van der Waals surface area contributed by atoms with Gasteiger partial charge in [0.2, 0.25) is 0 Å². The maximum absolute atomic E-state index is 2.48. The van der Waals surface area contributed by atoms with Crippen LogP contribution in [0.3, 0.4) is 0 Å². The van der Waals surface area contributed by atoms with E-state index in [1.807, 2.05) is 0 Å². The van der Waals surface area contributed by atoms with Crippen molar-refractivity contribution in [3.05, 3.63) is 289 Å². The molecule has 2 nitrogen and oxygen atoms in total. The van der Waals surface area contributed by atoms with E-state index in [4.69, 9.17) is 0 Å². The van der Waals surface area contributed by atoms with Crippen LogP contribution < -0.4 is 4.90 Å². The first-order valence-corrected chi connectivity index (χ1v) is 23.2. The summed E-state index contributed by atoms with van der Waals surface area (Å²) in [5.74, 6) is 0. The molecule has 1 heterocycles. The Kier molecular flexibility index (Phi) is 9.11. The molecule has 0 atom stereocenters. The van der Waals surface area contributed by atoms with Gasteiger partial charge in [0, 0.05) is 33.5 Å². The molecule has 1 aliphatic carbocycles. The highest BCUT2D eigenvalue weighted by Gasteiger charge is 2.46. The van der Waals surface area contributed by atoms with E-state index in [9.17, 15) is 0 Å². The first-order chi connectivity index (χ1) is 33.2. The van der Waals surface area contributed by atoms with Gasteiger partial charge in [0.15, 0.2) is 0 Å². The summed E-state index contributed by atoms with van der Waals surface area (Å²) in [4.78, 5) is 2.34. The zero-order valence-electron chi connectivity index (χ0n) is 36.8. The lowest BCUT2D eigenvalue weighted by Crippen LogP contribution is -2.28. The van der Waals surface area contributed by atoms with Crippen molar-refractivity contribution in [2.24, 2.45) is 0 Å². The Bertz CT molecular complexity index is 3750. The summed E-state index contributed by atoms with van der Waals surface area (Å²) in [5.41, 5.74) is 18.8. The van der Waals surface area contributed by atoms with E-state index in [-0.39, 0.29) is 0 Å². The molecule has 0 N–H and O–H groups in total. The SMILES string of the molecule is c1ccc(N(c2ccc(-c3cccc(-c4ccc5c6ccccc6n(-c6ccc7c(c6)C(c6ccccc6)(c6ccccc6)c6ccccc6-7)c5c4)c3)cc2)c2ccc3ccccc3c2)cc1. The lowest BCUT2D eigenvalue weighted by atomic mass is 9.67. The number of anilines is 3. The number of benzene rings is 11. The molecule has 67 heavy (non-hydrogen) atoms. The van der Waals surface area contributed by atoms with Crippen molar-refractivity contribution in [3.8, 4) is 39.1 Å². The second kappa shape index (κ2) is 15.8. The van der Waals surface area contributed by atoms with Crippen molar-refractivity contribution >= 4 is 49.6 Å². The highest BCUT2D eigenvalue weighted by molar-refractivity contribution is 6.10. The van der Waals surface area contributed by atoms with Crippen molar-refractivity contribution in [1.29, 1.82) is 0 Å². The highest BCUT2D eigenvalue weighted by atomic mass is 15.1. The van der Waals surface area contributed by atoms with Crippen LogP contribution in [0.1, 0.15) is 22.3 Å². The van der Waals surface area contributed by atoms with E-state index in [1.165, 1.54) is 88.2 Å². The lowest BCUT2D eigenvalue weighted by molar-refractivity contribution is 0.767. The lowest BCUT2D eigenvalue weighted by Gasteiger charge is -2.34. The smallest absolute Gasteiger partial charge is 0.0714 e. The summed E-state index contributed by atoms with van der Waals surface area (Å²) < 4.78 is 2.48. The fourth-order valence-corrected chi connectivity index (χ4v) is 11.0. The van der Waals surface area contributed by atoms with Gasteiger partial charge in [0.05, 0.1) is 16.4 Å². The minimum atomic E-state index is -0.483. The minimum Gasteiger partial charge on any atom is -0.310 e. The average molecular weight is 853 g/mol. The largest absolute Gasteiger partial charge is 0.310 e. The Morgan fingerprint density at radius 2 is 0.866 bits per heavy atom. The Morgan fingerprint density at radius 1 is 0.299 bits per heavy atom. The van der Waals surface area contributed by atoms with Crippen molar-refractivity contribution in [3.63, 3.8) is 0 Å². The van der Waals surface area contributed by atoms with Crippen molar-refractivity contribution < 1.29 is 0 Å². The summed E-state index contributed by atoms with van der Waals surface area (Å²) in [7, 11) is 0. The van der Waals surface area contributed by atoms with E-state index < -0.39 is 5.41 Å². The monoisotopic (exact) mass is 852 g/mol. The Balaban J connectivity index is 0.917. The predicted molar refractivity (Wildman–Crippen MR) is 281 cm³/mol. The van der Waals surface area contributed by atoms with Crippen LogP contribution in [0.4, 0.5) is 17.1 Å². The maximum Gasteiger partial charge on any atom is 0.0714 e. The maximum atomic E-state index is 2.48. The average Bonchev–Trinajstić information content (AvgIpc) is 3.90. The number of fused-ring (bicyclic) bond motifs is 7. The number of hydrogen-bond donors (Lipinski definition) is 0. The molecular weight excluding hydrogens is 809 g/mol. The standard InChI is InChI=1S/C65H44N2/c1-4-21-51(22-5-1)65(52-23-6-2-7-24-52)61-29-14-12-27-57(61)58-40-38-56(44-62(58)65)67-63-30-15-13-28-59(63)60-39-34-50(43-64(60)67)48-20-16-19-47(41-48)46-31-35-54(36-32-46)66(53-25-8-3-9-26-53)55-37-33-45-17-10-11-18-49(45)42-55/h1-44H. The van der Waals surface area contributed by atoms with Crippen LogP contribution in [0.15, 0.2) is 267 Å². The van der Waals surface area contributed by atoms with Crippen LogP contribution in [0.2, 0.25) is 0 Å². The number of para-hydroxylation sites is 2. The van der Waals surface area contributed by atoms with Gasteiger partial charge in [0.25, 0.3) is 0 Å². The number of hydrogen-bond acceptors (Lipinski definition) is 1. The van der Waals surface area contributed by atoms with Crippen LogP contribution in [0.5, 0.6) is 0 Å². The summed E-state index contributed by atoms with van der Waals surface area (Å²) >= 11 is 0. The van der Waals surface area contributed by atoms with Gasteiger partial charge < -0.3 is 9.47 Å². The van der Waals surface area contributed by atoms with Gasteiger partial charge in [-0.15, -0.1) is 0 Å². The second-order valence-corrected chi connectivity index (χ2v) is 17.7. The third-order valence-electron chi connectivity index (χ3n) is 14.0.